The Hall–Kier alpha value is -4.07. The molecule has 252 valence electrons. The molecule has 0 bridgehead atoms. The second-order valence-electron chi connectivity index (χ2n) is 14.2. The van der Waals surface area contributed by atoms with Gasteiger partial charge in [0.15, 0.2) is 0 Å². The number of hydrogen-bond acceptors (Lipinski definition) is 7. The molecule has 1 aliphatic heterocycles. The van der Waals surface area contributed by atoms with Crippen LogP contribution in [0.1, 0.15) is 98.5 Å². The van der Waals surface area contributed by atoms with Crippen LogP contribution in [0.2, 0.25) is 0 Å². The fraction of sp³-hybridized carbons (Fsp3) is 0.513. The predicted octanol–water partition coefficient (Wildman–Crippen LogP) is 7.91. The summed E-state index contributed by atoms with van der Waals surface area (Å²) in [5.74, 6) is 2.90. The summed E-state index contributed by atoms with van der Waals surface area (Å²) in [4.78, 5) is 32.8. The number of anilines is 2. The molecule has 0 spiro atoms. The summed E-state index contributed by atoms with van der Waals surface area (Å²) in [6.45, 7) is 13.0. The minimum atomic E-state index is -0.170. The van der Waals surface area contributed by atoms with E-state index in [1.807, 2.05) is 44.2 Å². The Bertz CT molecular complexity index is 1550. The van der Waals surface area contributed by atoms with E-state index in [0.29, 0.717) is 49.3 Å². The molecular weight excluding hydrogens is 590 g/mol. The number of methoxy groups -OCH3 is 1. The summed E-state index contributed by atoms with van der Waals surface area (Å²) < 4.78 is 17.2. The van der Waals surface area contributed by atoms with Gasteiger partial charge in [0.25, 0.3) is 5.91 Å². The molecule has 47 heavy (non-hydrogen) atoms. The lowest BCUT2D eigenvalue weighted by Gasteiger charge is -2.34. The first-order chi connectivity index (χ1) is 22.5. The average Bonchev–Trinajstić information content (AvgIpc) is 3.89. The van der Waals surface area contributed by atoms with Crippen molar-refractivity contribution in [3.63, 3.8) is 0 Å². The van der Waals surface area contributed by atoms with Gasteiger partial charge in [-0.15, -0.1) is 0 Å². The van der Waals surface area contributed by atoms with Crippen LogP contribution in [-0.2, 0) is 22.4 Å². The van der Waals surface area contributed by atoms with Gasteiger partial charge < -0.3 is 24.4 Å². The molecule has 3 aromatic rings. The number of benzene rings is 2. The van der Waals surface area contributed by atoms with E-state index in [0.717, 1.165) is 60.8 Å². The number of hydrogen-bond donors (Lipinski definition) is 1. The van der Waals surface area contributed by atoms with Gasteiger partial charge in [0.05, 0.1) is 31.6 Å². The topological polar surface area (TPSA) is 90.0 Å². The number of nitrogens with one attached hydrogen (secondary N) is 1. The number of pyridine rings is 1. The van der Waals surface area contributed by atoms with E-state index in [2.05, 4.69) is 49.2 Å². The van der Waals surface area contributed by atoms with Crippen LogP contribution in [0.15, 0.2) is 48.5 Å². The Morgan fingerprint density at radius 3 is 2.45 bits per heavy atom. The van der Waals surface area contributed by atoms with E-state index in [4.69, 9.17) is 19.2 Å². The van der Waals surface area contributed by atoms with E-state index in [1.165, 1.54) is 24.0 Å². The molecule has 0 unspecified atom stereocenters. The number of amides is 1. The third-order valence-electron chi connectivity index (χ3n) is 9.00. The van der Waals surface area contributed by atoms with Crippen LogP contribution in [0, 0.1) is 18.3 Å². The van der Waals surface area contributed by atoms with E-state index < -0.39 is 0 Å². The SMILES string of the molecule is CCOC(=O)CCc1cccc(OCC2CCN(c3cc(OC)ccc3C(=O)Nc3nc(C)ccc3CC(C)(C)C)CC2)c1C1CC1. The monoisotopic (exact) mass is 641 g/mol. The number of ether oxygens (including phenoxy) is 3. The Morgan fingerprint density at radius 2 is 1.77 bits per heavy atom. The number of carbonyl (C=O) groups is 2. The Labute approximate surface area is 280 Å². The minimum absolute atomic E-state index is 0.0577. The van der Waals surface area contributed by atoms with Crippen LogP contribution in [0.25, 0.3) is 0 Å². The lowest BCUT2D eigenvalue weighted by molar-refractivity contribution is -0.143. The van der Waals surface area contributed by atoms with Crippen LogP contribution in [-0.4, -0.2) is 50.3 Å². The number of aryl methyl sites for hydroxylation is 2. The van der Waals surface area contributed by atoms with Crippen molar-refractivity contribution >= 4 is 23.4 Å². The Balaban J connectivity index is 1.25. The minimum Gasteiger partial charge on any atom is -0.497 e. The maximum Gasteiger partial charge on any atom is 0.306 e. The highest BCUT2D eigenvalue weighted by atomic mass is 16.5. The van der Waals surface area contributed by atoms with E-state index in [9.17, 15) is 9.59 Å². The van der Waals surface area contributed by atoms with Crippen molar-refractivity contribution in [1.82, 2.24) is 4.98 Å². The maximum atomic E-state index is 13.8. The number of nitrogens with zero attached hydrogens (tertiary/aromatic N) is 2. The number of rotatable bonds is 13. The molecule has 8 heteroatoms. The van der Waals surface area contributed by atoms with Crippen molar-refractivity contribution in [2.24, 2.45) is 11.3 Å². The molecule has 2 aliphatic rings. The molecule has 1 aliphatic carbocycles. The summed E-state index contributed by atoms with van der Waals surface area (Å²) in [5.41, 5.74) is 5.91. The van der Waals surface area contributed by atoms with E-state index in [-0.39, 0.29) is 17.3 Å². The van der Waals surface area contributed by atoms with Crippen molar-refractivity contribution in [3.05, 3.63) is 76.5 Å². The lowest BCUT2D eigenvalue weighted by Crippen LogP contribution is -2.36. The molecule has 1 saturated carbocycles. The van der Waals surface area contributed by atoms with Crippen molar-refractivity contribution in [3.8, 4) is 11.5 Å². The zero-order valence-corrected chi connectivity index (χ0v) is 29.0. The third kappa shape index (κ3) is 9.27. The van der Waals surface area contributed by atoms with E-state index >= 15 is 0 Å². The molecule has 1 aromatic heterocycles. The molecule has 8 nitrogen and oxygen atoms in total. The number of aromatic nitrogens is 1. The maximum absolute atomic E-state index is 13.8. The van der Waals surface area contributed by atoms with Crippen LogP contribution >= 0.6 is 0 Å². The van der Waals surface area contributed by atoms with Gasteiger partial charge in [0.2, 0.25) is 0 Å². The van der Waals surface area contributed by atoms with Gasteiger partial charge in [-0.25, -0.2) is 4.98 Å². The van der Waals surface area contributed by atoms with Crippen molar-refractivity contribution in [1.29, 1.82) is 0 Å². The van der Waals surface area contributed by atoms with Crippen LogP contribution < -0.4 is 19.7 Å². The summed E-state index contributed by atoms with van der Waals surface area (Å²) >= 11 is 0. The molecule has 0 radical (unpaired) electrons. The van der Waals surface area contributed by atoms with Gasteiger partial charge in [-0.3, -0.25) is 9.59 Å². The Kier molecular flexibility index (Phi) is 11.1. The van der Waals surface area contributed by atoms with Crippen molar-refractivity contribution in [2.45, 2.75) is 85.5 Å². The fourth-order valence-electron chi connectivity index (χ4n) is 6.46. The second kappa shape index (κ2) is 15.2. The number of carbonyl (C=O) groups excluding carboxylic acids is 2. The Morgan fingerprint density at radius 1 is 1.00 bits per heavy atom. The van der Waals surface area contributed by atoms with E-state index in [1.54, 1.807) is 7.11 Å². The summed E-state index contributed by atoms with van der Waals surface area (Å²) in [6.07, 6.45) is 6.11. The van der Waals surface area contributed by atoms with Gasteiger partial charge in [0, 0.05) is 36.8 Å². The standard InChI is InChI=1S/C39H51N3O5/c1-7-46-35(43)18-15-28-9-8-10-34(36(28)29-13-14-29)47-25-27-19-21-42(22-20-27)33-23-31(45-6)16-17-32(33)38(44)41-37-30(24-39(3,4)5)12-11-26(2)40-37/h8-12,16-17,23,27,29H,7,13-15,18-22,24-25H2,1-6H3,(H,40,41,44). The quantitative estimate of drug-likeness (QED) is 0.190. The first kappa shape index (κ1) is 34.3. The second-order valence-corrected chi connectivity index (χ2v) is 14.2. The molecular formula is C39H51N3O5. The van der Waals surface area contributed by atoms with Gasteiger partial charge in [-0.05, 0) is 105 Å². The normalized spacial score (nSPS) is 15.3. The molecule has 2 heterocycles. The summed E-state index contributed by atoms with van der Waals surface area (Å²) in [6, 6.07) is 16.0. The highest BCUT2D eigenvalue weighted by Gasteiger charge is 2.30. The molecule has 1 amide bonds. The van der Waals surface area contributed by atoms with Gasteiger partial charge >= 0.3 is 5.97 Å². The fourth-order valence-corrected chi connectivity index (χ4v) is 6.46. The number of piperidine rings is 1. The molecule has 0 atom stereocenters. The van der Waals surface area contributed by atoms with Gasteiger partial charge in [0.1, 0.15) is 17.3 Å². The predicted molar refractivity (Wildman–Crippen MR) is 187 cm³/mol. The van der Waals surface area contributed by atoms with Gasteiger partial charge in [-0.1, -0.05) is 39.0 Å². The van der Waals surface area contributed by atoms with Crippen LogP contribution in [0.3, 0.4) is 0 Å². The zero-order chi connectivity index (χ0) is 33.6. The number of esters is 1. The van der Waals surface area contributed by atoms with Crippen LogP contribution in [0.4, 0.5) is 11.5 Å². The average molecular weight is 642 g/mol. The lowest BCUT2D eigenvalue weighted by atomic mass is 9.88. The van der Waals surface area contributed by atoms with Gasteiger partial charge in [-0.2, -0.15) is 0 Å². The smallest absolute Gasteiger partial charge is 0.306 e. The highest BCUT2D eigenvalue weighted by Crippen LogP contribution is 2.46. The molecule has 1 saturated heterocycles. The first-order valence-corrected chi connectivity index (χ1v) is 17.2. The molecule has 1 N–H and O–H groups in total. The zero-order valence-electron chi connectivity index (χ0n) is 29.0. The molecule has 2 fully saturated rings. The van der Waals surface area contributed by atoms with Crippen LogP contribution in [0.5, 0.6) is 11.5 Å². The van der Waals surface area contributed by atoms with Crippen molar-refractivity contribution in [2.75, 3.05) is 43.6 Å². The van der Waals surface area contributed by atoms with Crippen molar-refractivity contribution < 1.29 is 23.8 Å². The molecule has 2 aromatic carbocycles. The first-order valence-electron chi connectivity index (χ1n) is 17.2. The largest absolute Gasteiger partial charge is 0.497 e. The third-order valence-corrected chi connectivity index (χ3v) is 9.00. The summed E-state index contributed by atoms with van der Waals surface area (Å²) in [7, 11) is 1.65. The molecule has 5 rings (SSSR count). The highest BCUT2D eigenvalue weighted by molar-refractivity contribution is 6.08. The summed E-state index contributed by atoms with van der Waals surface area (Å²) in [5, 5.41) is 3.14.